The third-order valence-electron chi connectivity index (χ3n) is 3.04. The summed E-state index contributed by atoms with van der Waals surface area (Å²) in [6, 6.07) is 8.78. The topological polar surface area (TPSA) is 20.2 Å². The molecule has 0 radical (unpaired) electrons. The summed E-state index contributed by atoms with van der Waals surface area (Å²) < 4.78 is 27.5. The van der Waals surface area contributed by atoms with Crippen molar-refractivity contribution in [1.29, 1.82) is 0 Å². The monoisotopic (exact) mass is 326 g/mol. The molecule has 0 aliphatic heterocycles. The SMILES string of the molecule is Cc1ccc(F)cc1CC(O)c1cc(Br)ccc1F. The molecule has 1 nitrogen and oxygen atoms in total. The number of aliphatic hydroxyl groups is 1. The molecule has 1 atom stereocenters. The molecule has 19 heavy (non-hydrogen) atoms. The van der Waals surface area contributed by atoms with Gasteiger partial charge in [0, 0.05) is 16.5 Å². The predicted octanol–water partition coefficient (Wildman–Crippen LogP) is 4.31. The summed E-state index contributed by atoms with van der Waals surface area (Å²) in [5.41, 5.74) is 1.75. The molecule has 2 rings (SSSR count). The Morgan fingerprint density at radius 2 is 1.89 bits per heavy atom. The molecule has 0 aliphatic carbocycles. The Balaban J connectivity index is 2.27. The van der Waals surface area contributed by atoms with Gasteiger partial charge in [-0.2, -0.15) is 0 Å². The van der Waals surface area contributed by atoms with Crippen LogP contribution < -0.4 is 0 Å². The number of rotatable bonds is 3. The fourth-order valence-electron chi connectivity index (χ4n) is 1.95. The molecule has 0 fully saturated rings. The first-order chi connectivity index (χ1) is 8.97. The van der Waals surface area contributed by atoms with E-state index in [1.54, 1.807) is 12.1 Å². The third-order valence-corrected chi connectivity index (χ3v) is 3.53. The van der Waals surface area contributed by atoms with Gasteiger partial charge in [0.15, 0.2) is 0 Å². The molecule has 0 amide bonds. The summed E-state index contributed by atoms with van der Waals surface area (Å²) in [7, 11) is 0. The lowest BCUT2D eigenvalue weighted by Gasteiger charge is -2.14. The second-order valence-electron chi connectivity index (χ2n) is 4.46. The molecule has 0 heterocycles. The number of hydrogen-bond acceptors (Lipinski definition) is 1. The first-order valence-electron chi connectivity index (χ1n) is 5.85. The van der Waals surface area contributed by atoms with Crippen molar-refractivity contribution < 1.29 is 13.9 Å². The van der Waals surface area contributed by atoms with E-state index in [9.17, 15) is 13.9 Å². The van der Waals surface area contributed by atoms with Gasteiger partial charge in [-0.25, -0.2) is 8.78 Å². The molecule has 1 N–H and O–H groups in total. The van der Waals surface area contributed by atoms with E-state index >= 15 is 0 Å². The number of benzene rings is 2. The van der Waals surface area contributed by atoms with Crippen LogP contribution in [0, 0.1) is 18.6 Å². The fourth-order valence-corrected chi connectivity index (χ4v) is 2.33. The Bertz CT molecular complexity index is 599. The van der Waals surface area contributed by atoms with E-state index in [4.69, 9.17) is 0 Å². The molecule has 0 aromatic heterocycles. The van der Waals surface area contributed by atoms with Crippen LogP contribution in [0.2, 0.25) is 0 Å². The van der Waals surface area contributed by atoms with Crippen LogP contribution in [0.4, 0.5) is 8.78 Å². The minimum Gasteiger partial charge on any atom is -0.388 e. The Kier molecular flexibility index (Phi) is 4.32. The van der Waals surface area contributed by atoms with Crippen LogP contribution in [0.1, 0.15) is 22.8 Å². The van der Waals surface area contributed by atoms with Crippen molar-refractivity contribution in [3.8, 4) is 0 Å². The van der Waals surface area contributed by atoms with E-state index in [-0.39, 0.29) is 17.8 Å². The number of halogens is 3. The average Bonchev–Trinajstić information content (AvgIpc) is 2.36. The van der Waals surface area contributed by atoms with Gasteiger partial charge in [-0.3, -0.25) is 0 Å². The summed E-state index contributed by atoms with van der Waals surface area (Å²) in [6.07, 6.45) is -0.824. The molecular weight excluding hydrogens is 314 g/mol. The van der Waals surface area contributed by atoms with Gasteiger partial charge in [-0.1, -0.05) is 22.0 Å². The summed E-state index contributed by atoms with van der Waals surface area (Å²) in [5, 5.41) is 10.1. The van der Waals surface area contributed by atoms with Crippen LogP contribution in [-0.4, -0.2) is 5.11 Å². The summed E-state index contributed by atoms with van der Waals surface area (Å²) in [6.45, 7) is 1.83. The third kappa shape index (κ3) is 3.39. The molecule has 100 valence electrons. The van der Waals surface area contributed by atoms with Crippen molar-refractivity contribution in [2.24, 2.45) is 0 Å². The largest absolute Gasteiger partial charge is 0.388 e. The zero-order valence-electron chi connectivity index (χ0n) is 10.3. The molecule has 4 heteroatoms. The molecule has 2 aromatic rings. The fraction of sp³-hybridized carbons (Fsp3) is 0.200. The normalized spacial score (nSPS) is 12.5. The van der Waals surface area contributed by atoms with Crippen molar-refractivity contribution in [2.75, 3.05) is 0 Å². The highest BCUT2D eigenvalue weighted by atomic mass is 79.9. The van der Waals surface area contributed by atoms with Crippen LogP contribution >= 0.6 is 15.9 Å². The summed E-state index contributed by atoms with van der Waals surface area (Å²) in [4.78, 5) is 0. The second-order valence-corrected chi connectivity index (χ2v) is 5.37. The lowest BCUT2D eigenvalue weighted by Crippen LogP contribution is -2.06. The highest BCUT2D eigenvalue weighted by molar-refractivity contribution is 9.10. The van der Waals surface area contributed by atoms with Crippen LogP contribution in [0.25, 0.3) is 0 Å². The quantitative estimate of drug-likeness (QED) is 0.891. The van der Waals surface area contributed by atoms with Crippen LogP contribution in [0.15, 0.2) is 40.9 Å². The van der Waals surface area contributed by atoms with E-state index in [0.717, 1.165) is 5.56 Å². The van der Waals surface area contributed by atoms with Crippen molar-refractivity contribution in [3.63, 3.8) is 0 Å². The van der Waals surface area contributed by atoms with Crippen molar-refractivity contribution in [1.82, 2.24) is 0 Å². The molecule has 2 aromatic carbocycles. The number of aliphatic hydroxyl groups excluding tert-OH is 1. The molecule has 1 unspecified atom stereocenters. The molecular formula is C15H13BrF2O. The van der Waals surface area contributed by atoms with Crippen LogP contribution in [0.3, 0.4) is 0 Å². The predicted molar refractivity (Wildman–Crippen MR) is 73.9 cm³/mol. The summed E-state index contributed by atoms with van der Waals surface area (Å²) >= 11 is 3.24. The standard InChI is InChI=1S/C15H13BrF2O/c1-9-2-4-12(17)6-10(9)7-15(19)13-8-11(16)3-5-14(13)18/h2-6,8,15,19H,7H2,1H3. The highest BCUT2D eigenvalue weighted by Gasteiger charge is 2.15. The van der Waals surface area contributed by atoms with Gasteiger partial charge in [0.25, 0.3) is 0 Å². The highest BCUT2D eigenvalue weighted by Crippen LogP contribution is 2.25. The van der Waals surface area contributed by atoms with Gasteiger partial charge in [0.2, 0.25) is 0 Å². The van der Waals surface area contributed by atoms with E-state index < -0.39 is 11.9 Å². The van der Waals surface area contributed by atoms with E-state index in [1.165, 1.54) is 24.3 Å². The van der Waals surface area contributed by atoms with Crippen molar-refractivity contribution >= 4 is 15.9 Å². The van der Waals surface area contributed by atoms with Gasteiger partial charge in [0.05, 0.1) is 6.10 Å². The van der Waals surface area contributed by atoms with E-state index in [0.29, 0.717) is 10.0 Å². The zero-order chi connectivity index (χ0) is 14.0. The lowest BCUT2D eigenvalue weighted by atomic mass is 9.98. The lowest BCUT2D eigenvalue weighted by molar-refractivity contribution is 0.173. The molecule has 0 saturated carbocycles. The first-order valence-corrected chi connectivity index (χ1v) is 6.64. The van der Waals surface area contributed by atoms with Gasteiger partial charge in [-0.05, 0) is 48.4 Å². The molecule has 0 saturated heterocycles. The Morgan fingerprint density at radius 3 is 2.63 bits per heavy atom. The summed E-state index contributed by atoms with van der Waals surface area (Å²) in [5.74, 6) is -0.827. The van der Waals surface area contributed by atoms with Gasteiger partial charge in [0.1, 0.15) is 11.6 Å². The van der Waals surface area contributed by atoms with Gasteiger partial charge >= 0.3 is 0 Å². The Labute approximate surface area is 119 Å². The molecule has 0 spiro atoms. The maximum atomic E-state index is 13.6. The van der Waals surface area contributed by atoms with Crippen LogP contribution in [-0.2, 0) is 6.42 Å². The molecule has 0 bridgehead atoms. The Morgan fingerprint density at radius 1 is 1.16 bits per heavy atom. The van der Waals surface area contributed by atoms with E-state index in [1.807, 2.05) is 6.92 Å². The van der Waals surface area contributed by atoms with Crippen molar-refractivity contribution in [2.45, 2.75) is 19.4 Å². The Hall–Kier alpha value is -1.26. The maximum absolute atomic E-state index is 13.6. The van der Waals surface area contributed by atoms with Crippen molar-refractivity contribution in [3.05, 3.63) is 69.2 Å². The maximum Gasteiger partial charge on any atom is 0.129 e. The van der Waals surface area contributed by atoms with Gasteiger partial charge in [-0.15, -0.1) is 0 Å². The first kappa shape index (κ1) is 14.2. The number of hydrogen-bond donors (Lipinski definition) is 1. The number of aryl methyl sites for hydroxylation is 1. The van der Waals surface area contributed by atoms with Crippen LogP contribution in [0.5, 0.6) is 0 Å². The molecule has 0 aliphatic rings. The minimum atomic E-state index is -1.00. The average molecular weight is 327 g/mol. The second kappa shape index (κ2) is 5.80. The zero-order valence-corrected chi connectivity index (χ0v) is 11.9. The van der Waals surface area contributed by atoms with Gasteiger partial charge < -0.3 is 5.11 Å². The van der Waals surface area contributed by atoms with E-state index in [2.05, 4.69) is 15.9 Å². The minimum absolute atomic E-state index is 0.178. The smallest absolute Gasteiger partial charge is 0.129 e.